The molecule has 1 atom stereocenters. The summed E-state index contributed by atoms with van der Waals surface area (Å²) in [5, 5.41) is 0.712. The number of carbonyl (C=O) groups is 1. The molecule has 0 bridgehead atoms. The second kappa shape index (κ2) is 9.98. The number of carbonyl (C=O) groups excluding carboxylic acids is 1. The Morgan fingerprint density at radius 3 is 2.61 bits per heavy atom. The normalized spacial score (nSPS) is 15.2. The van der Waals surface area contributed by atoms with E-state index in [1.807, 2.05) is 29.2 Å². The number of amides is 1. The largest absolute Gasteiger partial charge is 0.493 e. The molecule has 0 saturated carbocycles. The Labute approximate surface area is 192 Å². The molecule has 2 aromatic carbocycles. The van der Waals surface area contributed by atoms with Crippen LogP contribution in [0.25, 0.3) is 11.0 Å². The van der Waals surface area contributed by atoms with E-state index in [0.717, 1.165) is 30.4 Å². The van der Waals surface area contributed by atoms with E-state index < -0.39 is 5.63 Å². The zero-order chi connectivity index (χ0) is 23.4. The van der Waals surface area contributed by atoms with Gasteiger partial charge in [-0.3, -0.25) is 4.79 Å². The SMILES string of the molecule is CCCCC(=O)N1CCc2cc(OC)c(OC)cc2C1COc1cc(=O)oc2ccccc12. The van der Waals surface area contributed by atoms with Crippen LogP contribution >= 0.6 is 0 Å². The molecule has 1 aromatic heterocycles. The Hall–Kier alpha value is -3.48. The van der Waals surface area contributed by atoms with E-state index in [4.69, 9.17) is 18.6 Å². The molecule has 1 amide bonds. The number of nitrogens with zero attached hydrogens (tertiary/aromatic N) is 1. The first kappa shape index (κ1) is 22.7. The smallest absolute Gasteiger partial charge is 0.339 e. The summed E-state index contributed by atoms with van der Waals surface area (Å²) in [6.07, 6.45) is 3.01. The molecule has 7 heteroatoms. The van der Waals surface area contributed by atoms with E-state index >= 15 is 0 Å². The van der Waals surface area contributed by atoms with E-state index in [0.29, 0.717) is 41.2 Å². The lowest BCUT2D eigenvalue weighted by Gasteiger charge is -2.37. The van der Waals surface area contributed by atoms with Crippen LogP contribution in [0.2, 0.25) is 0 Å². The minimum atomic E-state index is -0.477. The zero-order valence-electron chi connectivity index (χ0n) is 19.3. The quantitative estimate of drug-likeness (QED) is 0.469. The van der Waals surface area contributed by atoms with Crippen molar-refractivity contribution in [3.8, 4) is 17.2 Å². The molecule has 7 nitrogen and oxygen atoms in total. The van der Waals surface area contributed by atoms with Gasteiger partial charge in [0.1, 0.15) is 17.9 Å². The fourth-order valence-electron chi connectivity index (χ4n) is 4.35. The number of ether oxygens (including phenoxy) is 3. The molecule has 0 radical (unpaired) electrons. The Balaban J connectivity index is 1.71. The van der Waals surface area contributed by atoms with Crippen LogP contribution in [0.15, 0.2) is 51.7 Å². The summed E-state index contributed by atoms with van der Waals surface area (Å²) in [5.41, 5.74) is 2.05. The van der Waals surface area contributed by atoms with Gasteiger partial charge in [0, 0.05) is 13.0 Å². The predicted molar refractivity (Wildman–Crippen MR) is 125 cm³/mol. The van der Waals surface area contributed by atoms with Crippen molar-refractivity contribution >= 4 is 16.9 Å². The molecule has 4 rings (SSSR count). The minimum absolute atomic E-state index is 0.100. The van der Waals surface area contributed by atoms with E-state index in [1.54, 1.807) is 26.4 Å². The summed E-state index contributed by atoms with van der Waals surface area (Å²) in [6, 6.07) is 12.2. The van der Waals surface area contributed by atoms with Crippen molar-refractivity contribution in [1.29, 1.82) is 0 Å². The highest BCUT2D eigenvalue weighted by molar-refractivity contribution is 5.83. The molecule has 0 spiro atoms. The van der Waals surface area contributed by atoms with Gasteiger partial charge in [0.05, 0.1) is 31.7 Å². The number of benzene rings is 2. The van der Waals surface area contributed by atoms with Crippen LogP contribution in [0.4, 0.5) is 0 Å². The molecule has 1 aliphatic rings. The van der Waals surface area contributed by atoms with Gasteiger partial charge in [-0.25, -0.2) is 4.79 Å². The van der Waals surface area contributed by atoms with Crippen molar-refractivity contribution in [1.82, 2.24) is 4.90 Å². The molecule has 1 unspecified atom stereocenters. The van der Waals surface area contributed by atoms with Crippen LogP contribution in [-0.2, 0) is 11.2 Å². The Morgan fingerprint density at radius 2 is 1.85 bits per heavy atom. The summed E-state index contributed by atoms with van der Waals surface area (Å²) in [5.74, 6) is 1.81. The maximum absolute atomic E-state index is 13.1. The third-order valence-corrected chi connectivity index (χ3v) is 6.08. The standard InChI is InChI=1S/C26H29NO6/c1-4-5-10-25(28)27-12-11-17-13-23(30-2)24(31-3)14-19(17)20(27)16-32-22-15-26(29)33-21-9-7-6-8-18(21)22/h6-9,13-15,20H,4-5,10-12,16H2,1-3H3. The lowest BCUT2D eigenvalue weighted by molar-refractivity contribution is -0.135. The second-order valence-corrected chi connectivity index (χ2v) is 8.10. The van der Waals surface area contributed by atoms with Gasteiger partial charge in [0.2, 0.25) is 5.91 Å². The number of fused-ring (bicyclic) bond motifs is 2. The van der Waals surface area contributed by atoms with Crippen LogP contribution in [0.1, 0.15) is 43.4 Å². The fraction of sp³-hybridized carbons (Fsp3) is 0.385. The Morgan fingerprint density at radius 1 is 1.09 bits per heavy atom. The van der Waals surface area contributed by atoms with Crippen LogP contribution in [-0.4, -0.2) is 38.2 Å². The molecule has 2 heterocycles. The summed E-state index contributed by atoms with van der Waals surface area (Å²) in [6.45, 7) is 2.87. The number of para-hydroxylation sites is 1. The third kappa shape index (κ3) is 4.67. The van der Waals surface area contributed by atoms with Crippen LogP contribution in [0, 0.1) is 0 Å². The van der Waals surface area contributed by atoms with Crippen molar-refractivity contribution in [3.63, 3.8) is 0 Å². The first-order valence-corrected chi connectivity index (χ1v) is 11.3. The lowest BCUT2D eigenvalue weighted by Crippen LogP contribution is -2.42. The number of rotatable bonds is 8. The molecule has 0 N–H and O–H groups in total. The van der Waals surface area contributed by atoms with Gasteiger partial charge in [-0.15, -0.1) is 0 Å². The van der Waals surface area contributed by atoms with Crippen LogP contribution < -0.4 is 19.8 Å². The summed E-state index contributed by atoms with van der Waals surface area (Å²) in [7, 11) is 3.21. The van der Waals surface area contributed by atoms with Crippen LogP contribution in [0.3, 0.4) is 0 Å². The van der Waals surface area contributed by atoms with Gasteiger partial charge >= 0.3 is 5.63 Å². The fourth-order valence-corrected chi connectivity index (χ4v) is 4.35. The molecule has 3 aromatic rings. The first-order chi connectivity index (χ1) is 16.0. The average Bonchev–Trinajstić information content (AvgIpc) is 2.84. The monoisotopic (exact) mass is 451 g/mol. The minimum Gasteiger partial charge on any atom is -0.493 e. The van der Waals surface area contributed by atoms with Crippen LogP contribution in [0.5, 0.6) is 17.2 Å². The first-order valence-electron chi connectivity index (χ1n) is 11.3. The van der Waals surface area contributed by atoms with E-state index in [-0.39, 0.29) is 18.6 Å². The maximum Gasteiger partial charge on any atom is 0.339 e. The average molecular weight is 452 g/mol. The zero-order valence-corrected chi connectivity index (χ0v) is 19.3. The summed E-state index contributed by atoms with van der Waals surface area (Å²) in [4.78, 5) is 27.0. The highest BCUT2D eigenvalue weighted by Crippen LogP contribution is 2.39. The molecule has 174 valence electrons. The molecule has 1 aliphatic heterocycles. The third-order valence-electron chi connectivity index (χ3n) is 6.08. The number of hydrogen-bond donors (Lipinski definition) is 0. The van der Waals surface area contributed by atoms with Crippen molar-refractivity contribution in [2.45, 2.75) is 38.6 Å². The van der Waals surface area contributed by atoms with Gasteiger partial charge in [0.25, 0.3) is 0 Å². The predicted octanol–water partition coefficient (Wildman–Crippen LogP) is 4.51. The van der Waals surface area contributed by atoms with E-state index in [9.17, 15) is 9.59 Å². The van der Waals surface area contributed by atoms with Crippen molar-refractivity contribution in [2.75, 3.05) is 27.4 Å². The van der Waals surface area contributed by atoms with Crippen molar-refractivity contribution < 1.29 is 23.4 Å². The molecular formula is C26H29NO6. The number of hydrogen-bond acceptors (Lipinski definition) is 6. The highest BCUT2D eigenvalue weighted by Gasteiger charge is 2.32. The number of unbranched alkanes of at least 4 members (excludes halogenated alkanes) is 1. The summed E-state index contributed by atoms with van der Waals surface area (Å²) < 4.78 is 22.5. The molecule has 0 aliphatic carbocycles. The van der Waals surface area contributed by atoms with Gasteiger partial charge in [0.15, 0.2) is 11.5 Å². The topological polar surface area (TPSA) is 78.2 Å². The van der Waals surface area contributed by atoms with E-state index in [2.05, 4.69) is 6.92 Å². The molecule has 0 saturated heterocycles. The summed E-state index contributed by atoms with van der Waals surface area (Å²) >= 11 is 0. The highest BCUT2D eigenvalue weighted by atomic mass is 16.5. The van der Waals surface area contributed by atoms with E-state index in [1.165, 1.54) is 6.07 Å². The molecule has 33 heavy (non-hydrogen) atoms. The lowest BCUT2D eigenvalue weighted by atomic mass is 9.91. The maximum atomic E-state index is 13.1. The Kier molecular flexibility index (Phi) is 6.87. The molecular weight excluding hydrogens is 422 g/mol. The van der Waals surface area contributed by atoms with Gasteiger partial charge < -0.3 is 23.5 Å². The van der Waals surface area contributed by atoms with Gasteiger partial charge in [-0.1, -0.05) is 25.5 Å². The Bertz CT molecular complexity index is 1200. The number of methoxy groups -OCH3 is 2. The van der Waals surface area contributed by atoms with Crippen molar-refractivity contribution in [3.05, 3.63) is 64.0 Å². The molecule has 0 fully saturated rings. The van der Waals surface area contributed by atoms with Gasteiger partial charge in [-0.2, -0.15) is 0 Å². The second-order valence-electron chi connectivity index (χ2n) is 8.10. The van der Waals surface area contributed by atoms with Crippen molar-refractivity contribution in [2.24, 2.45) is 0 Å². The van der Waals surface area contributed by atoms with Gasteiger partial charge in [-0.05, 0) is 48.2 Å².